The minimum atomic E-state index is -0.772. The Hall–Kier alpha value is -3.61. The van der Waals surface area contributed by atoms with E-state index in [9.17, 15) is 14.0 Å². The van der Waals surface area contributed by atoms with Gasteiger partial charge in [0.2, 0.25) is 0 Å². The Labute approximate surface area is 198 Å². The lowest BCUT2D eigenvalue weighted by Gasteiger charge is -2.39. The smallest absolute Gasteiger partial charge is 0.336 e. The van der Waals surface area contributed by atoms with Gasteiger partial charge in [-0.05, 0) is 43.2 Å². The molecule has 0 fully saturated rings. The molecule has 0 saturated carbocycles. The molecule has 3 atom stereocenters. The number of carbonyl (C=O) groups excluding carboxylic acids is 2. The monoisotopic (exact) mass is 465 g/mol. The molecule has 0 bridgehead atoms. The van der Waals surface area contributed by atoms with Crippen LogP contribution in [0.15, 0.2) is 65.5 Å². The van der Waals surface area contributed by atoms with E-state index >= 15 is 0 Å². The fourth-order valence-electron chi connectivity index (χ4n) is 4.91. The fourth-order valence-corrected chi connectivity index (χ4v) is 4.91. The zero-order valence-electron chi connectivity index (χ0n) is 19.7. The van der Waals surface area contributed by atoms with E-state index < -0.39 is 23.6 Å². The van der Waals surface area contributed by atoms with Crippen molar-refractivity contribution in [2.24, 2.45) is 5.92 Å². The Kier molecular flexibility index (Phi) is 6.72. The first-order valence-corrected chi connectivity index (χ1v) is 11.2. The molecule has 2 aromatic rings. The molecule has 1 N–H and O–H groups in total. The van der Waals surface area contributed by atoms with Gasteiger partial charge in [-0.25, -0.2) is 9.18 Å². The molecule has 1 heterocycles. The molecular weight excluding hydrogens is 437 g/mol. The highest BCUT2D eigenvalue weighted by Crippen LogP contribution is 2.47. The maximum Gasteiger partial charge on any atom is 0.336 e. The fraction of sp³-hybridized carbons (Fsp3) is 0.333. The van der Waals surface area contributed by atoms with Crippen LogP contribution < -0.4 is 14.8 Å². The Morgan fingerprint density at radius 1 is 1.09 bits per heavy atom. The van der Waals surface area contributed by atoms with Crippen molar-refractivity contribution in [2.45, 2.75) is 32.1 Å². The second-order valence-electron chi connectivity index (χ2n) is 8.37. The number of rotatable bonds is 6. The lowest BCUT2D eigenvalue weighted by Crippen LogP contribution is -2.42. The summed E-state index contributed by atoms with van der Waals surface area (Å²) in [5, 5.41) is 3.25. The average molecular weight is 466 g/mol. The first-order chi connectivity index (χ1) is 16.4. The summed E-state index contributed by atoms with van der Waals surface area (Å²) in [5.41, 5.74) is 2.70. The summed E-state index contributed by atoms with van der Waals surface area (Å²) < 4.78 is 31.0. The molecule has 0 aromatic heterocycles. The standard InChI is InChI=1S/C27H28FNO5/c1-5-34-27(31)24-15(2)29-20-12-17(16-10-11-22(32-3)23(14-16)33-4)13-21(30)26(20)25(24)18-8-6-7-9-19(18)28/h6-12,14,17,25-26,29H,5,13H2,1-4H3. The molecule has 178 valence electrons. The number of carbonyl (C=O) groups is 2. The number of allylic oxidation sites excluding steroid dienone is 3. The first-order valence-electron chi connectivity index (χ1n) is 11.2. The molecule has 0 spiro atoms. The summed E-state index contributed by atoms with van der Waals surface area (Å²) in [6.45, 7) is 3.65. The zero-order valence-corrected chi connectivity index (χ0v) is 19.7. The van der Waals surface area contributed by atoms with Crippen molar-refractivity contribution in [1.29, 1.82) is 0 Å². The van der Waals surface area contributed by atoms with Crippen molar-refractivity contribution in [3.05, 3.63) is 82.5 Å². The predicted octanol–water partition coefficient (Wildman–Crippen LogP) is 4.62. The quantitative estimate of drug-likeness (QED) is 0.628. The number of Topliss-reactive ketones (excluding diaryl/α,β-unsaturated/α-hetero) is 1. The summed E-state index contributed by atoms with van der Waals surface area (Å²) in [6, 6.07) is 11.8. The molecule has 7 heteroatoms. The largest absolute Gasteiger partial charge is 0.493 e. The van der Waals surface area contributed by atoms with Gasteiger partial charge >= 0.3 is 5.97 Å². The van der Waals surface area contributed by atoms with Crippen molar-refractivity contribution in [3.8, 4) is 11.5 Å². The number of benzene rings is 2. The van der Waals surface area contributed by atoms with Crippen LogP contribution in [0, 0.1) is 11.7 Å². The number of ether oxygens (including phenoxy) is 3. The molecule has 1 aliphatic heterocycles. The maximum atomic E-state index is 15.0. The van der Waals surface area contributed by atoms with Gasteiger partial charge in [0.05, 0.1) is 32.3 Å². The van der Waals surface area contributed by atoms with Crippen LogP contribution in [0.1, 0.15) is 43.2 Å². The topological polar surface area (TPSA) is 73.9 Å². The highest BCUT2D eigenvalue weighted by Gasteiger charge is 2.45. The van der Waals surface area contributed by atoms with Crippen LogP contribution in [0.25, 0.3) is 0 Å². The summed E-state index contributed by atoms with van der Waals surface area (Å²) in [7, 11) is 3.13. The van der Waals surface area contributed by atoms with Gasteiger partial charge in [-0.2, -0.15) is 0 Å². The van der Waals surface area contributed by atoms with Crippen LogP contribution in [-0.4, -0.2) is 32.6 Å². The Morgan fingerprint density at radius 2 is 1.82 bits per heavy atom. The van der Waals surface area contributed by atoms with Crippen molar-refractivity contribution in [1.82, 2.24) is 5.32 Å². The molecule has 34 heavy (non-hydrogen) atoms. The van der Waals surface area contributed by atoms with E-state index in [4.69, 9.17) is 14.2 Å². The summed E-state index contributed by atoms with van der Waals surface area (Å²) in [6.07, 6.45) is 2.21. The van der Waals surface area contributed by atoms with E-state index in [1.54, 1.807) is 46.3 Å². The summed E-state index contributed by atoms with van der Waals surface area (Å²) in [4.78, 5) is 26.5. The highest BCUT2D eigenvalue weighted by molar-refractivity contribution is 5.96. The number of halogens is 1. The zero-order chi connectivity index (χ0) is 24.4. The molecule has 0 amide bonds. The van der Waals surface area contributed by atoms with Gasteiger partial charge in [-0.1, -0.05) is 30.3 Å². The van der Waals surface area contributed by atoms with Crippen molar-refractivity contribution < 1.29 is 28.2 Å². The van der Waals surface area contributed by atoms with Gasteiger partial charge in [0.25, 0.3) is 0 Å². The van der Waals surface area contributed by atoms with Crippen LogP contribution in [0.5, 0.6) is 11.5 Å². The third-order valence-corrected chi connectivity index (χ3v) is 6.44. The van der Waals surface area contributed by atoms with Crippen LogP contribution >= 0.6 is 0 Å². The number of nitrogens with one attached hydrogen (secondary N) is 1. The number of hydrogen-bond acceptors (Lipinski definition) is 6. The van der Waals surface area contributed by atoms with Gasteiger partial charge in [0.15, 0.2) is 11.5 Å². The van der Waals surface area contributed by atoms with Gasteiger partial charge in [0, 0.05) is 29.7 Å². The van der Waals surface area contributed by atoms with Crippen LogP contribution in [0.3, 0.4) is 0 Å². The Bertz CT molecular complexity index is 1190. The number of hydrogen-bond donors (Lipinski definition) is 1. The number of ketones is 1. The first kappa shape index (κ1) is 23.5. The van der Waals surface area contributed by atoms with E-state index in [1.165, 1.54) is 6.07 Å². The lowest BCUT2D eigenvalue weighted by atomic mass is 9.68. The minimum Gasteiger partial charge on any atom is -0.493 e. The highest BCUT2D eigenvalue weighted by atomic mass is 19.1. The van der Waals surface area contributed by atoms with Crippen LogP contribution in [0.4, 0.5) is 4.39 Å². The number of esters is 1. The maximum absolute atomic E-state index is 15.0. The third-order valence-electron chi connectivity index (χ3n) is 6.44. The normalized spacial score (nSPS) is 21.9. The van der Waals surface area contributed by atoms with Crippen molar-refractivity contribution >= 4 is 11.8 Å². The molecular formula is C27H28FNO5. The van der Waals surface area contributed by atoms with Crippen LogP contribution in [-0.2, 0) is 14.3 Å². The van der Waals surface area contributed by atoms with Gasteiger partial charge in [-0.15, -0.1) is 0 Å². The second-order valence-corrected chi connectivity index (χ2v) is 8.37. The van der Waals surface area contributed by atoms with E-state index in [2.05, 4.69) is 5.32 Å². The molecule has 2 aliphatic rings. The molecule has 0 saturated heterocycles. The predicted molar refractivity (Wildman–Crippen MR) is 125 cm³/mol. The van der Waals surface area contributed by atoms with Gasteiger partial charge in [-0.3, -0.25) is 4.79 Å². The van der Waals surface area contributed by atoms with E-state index in [-0.39, 0.29) is 30.3 Å². The summed E-state index contributed by atoms with van der Waals surface area (Å²) >= 11 is 0. The van der Waals surface area contributed by atoms with E-state index in [0.717, 1.165) is 5.56 Å². The molecule has 6 nitrogen and oxygen atoms in total. The van der Waals surface area contributed by atoms with E-state index in [0.29, 0.717) is 28.5 Å². The number of fused-ring (bicyclic) bond motifs is 1. The van der Waals surface area contributed by atoms with Crippen LogP contribution in [0.2, 0.25) is 0 Å². The summed E-state index contributed by atoms with van der Waals surface area (Å²) in [5.74, 6) is -1.59. The van der Waals surface area contributed by atoms with Crippen molar-refractivity contribution in [3.63, 3.8) is 0 Å². The SMILES string of the molecule is CCOC(=O)C1=C(C)NC2=CC(c3ccc(OC)c(OC)c3)CC(=O)C2C1c1ccccc1F. The Balaban J connectivity index is 1.82. The molecule has 3 unspecified atom stereocenters. The Morgan fingerprint density at radius 3 is 2.50 bits per heavy atom. The molecule has 1 aliphatic carbocycles. The molecule has 2 aromatic carbocycles. The van der Waals surface area contributed by atoms with Gasteiger partial charge in [0.1, 0.15) is 11.6 Å². The lowest BCUT2D eigenvalue weighted by molar-refractivity contribution is -0.139. The molecule has 0 radical (unpaired) electrons. The third kappa shape index (κ3) is 4.18. The number of methoxy groups -OCH3 is 2. The average Bonchev–Trinajstić information content (AvgIpc) is 2.83. The second kappa shape index (κ2) is 9.71. The van der Waals surface area contributed by atoms with E-state index in [1.807, 2.05) is 24.3 Å². The minimum absolute atomic E-state index is 0.0765. The van der Waals surface area contributed by atoms with Crippen molar-refractivity contribution in [2.75, 3.05) is 20.8 Å². The molecule has 4 rings (SSSR count). The van der Waals surface area contributed by atoms with Gasteiger partial charge < -0.3 is 19.5 Å².